The topological polar surface area (TPSA) is 90.7 Å². The average Bonchev–Trinajstić information content (AvgIpc) is 2.29. The highest BCUT2D eigenvalue weighted by Gasteiger charge is 2.16. The molecule has 0 aromatic rings. The Morgan fingerprint density at radius 2 is 0.895 bits per heavy atom. The first-order valence-electron chi connectivity index (χ1n) is 7.62. The summed E-state index contributed by atoms with van der Waals surface area (Å²) in [6, 6.07) is 0. The van der Waals surface area contributed by atoms with Crippen LogP contribution in [-0.2, 0) is 0 Å². The Balaban J connectivity index is 0. The summed E-state index contributed by atoms with van der Waals surface area (Å²) < 4.78 is 0. The van der Waals surface area contributed by atoms with Crippen molar-refractivity contribution in [2.75, 3.05) is 6.54 Å². The monoisotopic (exact) mass is 279 g/mol. The molecule has 0 bridgehead atoms. The van der Waals surface area contributed by atoms with Crippen molar-refractivity contribution < 1.29 is 26.1 Å². The van der Waals surface area contributed by atoms with Crippen LogP contribution >= 0.6 is 0 Å². The molecule has 118 valence electrons. The summed E-state index contributed by atoms with van der Waals surface area (Å²) in [6.45, 7) is 2.24. The molecule has 0 aromatic carbocycles. The van der Waals surface area contributed by atoms with Crippen LogP contribution in [0.1, 0.15) is 84.0 Å². The summed E-state index contributed by atoms with van der Waals surface area (Å²) in [6.07, 6.45) is 14.8. The molecule has 0 unspecified atom stereocenters. The van der Waals surface area contributed by atoms with Crippen molar-refractivity contribution in [2.45, 2.75) is 84.0 Å². The van der Waals surface area contributed by atoms with E-state index in [4.69, 9.17) is 15.6 Å². The third-order valence-corrected chi connectivity index (χ3v) is 3.31. The minimum atomic E-state index is -1.88. The normalized spacial score (nSPS) is 11.4. The van der Waals surface area contributed by atoms with Gasteiger partial charge in [0.2, 0.25) is 0 Å². The minimum absolute atomic E-state index is 0. The number of quaternary nitrogens is 1. The number of hydroxylamine groups is 3. The van der Waals surface area contributed by atoms with Crippen LogP contribution in [0.3, 0.4) is 0 Å². The molecular weight excluding hydrogens is 246 g/mol. The second-order valence-electron chi connectivity index (χ2n) is 5.31. The molecule has 0 saturated carbocycles. The van der Waals surface area contributed by atoms with Gasteiger partial charge in [-0.1, -0.05) is 71.1 Å². The zero-order valence-electron chi connectivity index (χ0n) is 12.4. The van der Waals surface area contributed by atoms with Crippen LogP contribution in [0.15, 0.2) is 0 Å². The van der Waals surface area contributed by atoms with E-state index < -0.39 is 4.97 Å². The Hall–Kier alpha value is -0.200. The van der Waals surface area contributed by atoms with Crippen molar-refractivity contribution in [3.8, 4) is 0 Å². The van der Waals surface area contributed by atoms with Crippen molar-refractivity contribution in [1.82, 2.24) is 0 Å². The summed E-state index contributed by atoms with van der Waals surface area (Å²) in [5, 5.41) is 25.9. The molecule has 0 aliphatic rings. The highest BCUT2D eigenvalue weighted by Crippen LogP contribution is 2.12. The summed E-state index contributed by atoms with van der Waals surface area (Å²) in [5.74, 6) is 0. The van der Waals surface area contributed by atoms with Crippen molar-refractivity contribution >= 4 is 0 Å². The van der Waals surface area contributed by atoms with Crippen LogP contribution in [0.4, 0.5) is 0 Å². The van der Waals surface area contributed by atoms with Crippen molar-refractivity contribution in [1.29, 1.82) is 0 Å². The molecule has 4 N–H and O–H groups in total. The fourth-order valence-corrected chi connectivity index (χ4v) is 2.16. The van der Waals surface area contributed by atoms with Gasteiger partial charge in [-0.2, -0.15) is 0 Å². The zero-order chi connectivity index (χ0) is 13.7. The molecule has 0 aliphatic carbocycles. The second-order valence-corrected chi connectivity index (χ2v) is 5.31. The molecule has 5 nitrogen and oxygen atoms in total. The van der Waals surface area contributed by atoms with Gasteiger partial charge in [0.1, 0.15) is 0 Å². The first-order chi connectivity index (χ1) is 8.56. The Bertz CT molecular complexity index is 171. The van der Waals surface area contributed by atoms with Crippen molar-refractivity contribution in [3.05, 3.63) is 0 Å². The molecule has 0 fully saturated rings. The van der Waals surface area contributed by atoms with Gasteiger partial charge in [-0.05, 0) is 6.42 Å². The lowest BCUT2D eigenvalue weighted by Crippen LogP contribution is -2.37. The Labute approximate surface area is 117 Å². The maximum atomic E-state index is 8.63. The lowest BCUT2D eigenvalue weighted by Gasteiger charge is -2.10. The van der Waals surface area contributed by atoms with E-state index in [-0.39, 0.29) is 12.0 Å². The largest absolute Gasteiger partial charge is 0.870 e. The van der Waals surface area contributed by atoms with Gasteiger partial charge in [-0.15, -0.1) is 15.6 Å². The summed E-state index contributed by atoms with van der Waals surface area (Å²) in [4.78, 5) is -1.88. The molecule has 0 aliphatic heterocycles. The molecule has 5 heteroatoms. The first-order valence-corrected chi connectivity index (χ1v) is 7.62. The van der Waals surface area contributed by atoms with E-state index >= 15 is 0 Å². The lowest BCUT2D eigenvalue weighted by molar-refractivity contribution is -1.37. The molecule has 0 amide bonds. The Morgan fingerprint density at radius 1 is 0.579 bits per heavy atom. The van der Waals surface area contributed by atoms with Gasteiger partial charge in [0.25, 0.3) is 0 Å². The van der Waals surface area contributed by atoms with Gasteiger partial charge in [-0.25, -0.2) is 0 Å². The summed E-state index contributed by atoms with van der Waals surface area (Å²) in [5.41, 5.74) is 0. The van der Waals surface area contributed by atoms with E-state index in [9.17, 15) is 0 Å². The van der Waals surface area contributed by atoms with E-state index in [1.165, 1.54) is 57.8 Å². The van der Waals surface area contributed by atoms with Gasteiger partial charge in [0.05, 0.1) is 4.97 Å². The third-order valence-electron chi connectivity index (χ3n) is 3.31. The molecular formula is C14H33NO4. The molecule has 0 atom stereocenters. The lowest BCUT2D eigenvalue weighted by atomic mass is 10.1. The number of hydrogen-bond acceptors (Lipinski definition) is 4. The number of unbranched alkanes of at least 4 members (excludes halogenated alkanes) is 11. The maximum Gasteiger partial charge on any atom is 0.177 e. The summed E-state index contributed by atoms with van der Waals surface area (Å²) >= 11 is 0. The second kappa shape index (κ2) is 14.2. The number of hydrogen-bond donors (Lipinski definition) is 3. The fraction of sp³-hybridized carbons (Fsp3) is 1.00. The van der Waals surface area contributed by atoms with E-state index in [1.54, 1.807) is 0 Å². The Kier molecular flexibility index (Phi) is 15.8. The van der Waals surface area contributed by atoms with Crippen molar-refractivity contribution in [3.63, 3.8) is 0 Å². The molecule has 0 aromatic heterocycles. The van der Waals surface area contributed by atoms with Gasteiger partial charge < -0.3 is 5.48 Å². The van der Waals surface area contributed by atoms with Gasteiger partial charge >= 0.3 is 0 Å². The zero-order valence-corrected chi connectivity index (χ0v) is 12.4. The number of nitrogens with zero attached hydrogens (tertiary/aromatic N) is 1. The van der Waals surface area contributed by atoms with Crippen LogP contribution in [0.2, 0.25) is 0 Å². The minimum Gasteiger partial charge on any atom is -0.870 e. The maximum absolute atomic E-state index is 8.63. The van der Waals surface area contributed by atoms with E-state index in [0.717, 1.165) is 12.8 Å². The number of rotatable bonds is 13. The molecule has 0 spiro atoms. The standard InChI is InChI=1S/C14H32NO3.H2O/c1-2-3-4-5-6-7-8-9-10-11-12-13-14-15(16,17)18;/h16-18H,2-14H2,1H3;1H2/q+1;/p-1. The molecule has 0 saturated heterocycles. The SMILES string of the molecule is CCCCCCCCCCCCCC[N+](O)(O)O.[OH-]. The average molecular weight is 279 g/mol. The quantitative estimate of drug-likeness (QED) is 0.263. The van der Waals surface area contributed by atoms with Crippen LogP contribution in [0.25, 0.3) is 0 Å². The molecule has 19 heavy (non-hydrogen) atoms. The van der Waals surface area contributed by atoms with Crippen LogP contribution in [-0.4, -0.2) is 32.6 Å². The smallest absolute Gasteiger partial charge is 0.177 e. The Morgan fingerprint density at radius 3 is 1.21 bits per heavy atom. The van der Waals surface area contributed by atoms with Crippen LogP contribution < -0.4 is 0 Å². The molecule has 0 radical (unpaired) electrons. The highest BCUT2D eigenvalue weighted by atomic mass is 17.1. The van der Waals surface area contributed by atoms with E-state index in [1.807, 2.05) is 0 Å². The molecule has 0 heterocycles. The van der Waals surface area contributed by atoms with Gasteiger partial charge in [-0.3, -0.25) is 0 Å². The fourth-order valence-electron chi connectivity index (χ4n) is 2.16. The highest BCUT2D eigenvalue weighted by molar-refractivity contribution is 4.48. The third kappa shape index (κ3) is 20.3. The van der Waals surface area contributed by atoms with Crippen LogP contribution in [0, 0.1) is 0 Å². The molecule has 0 rings (SSSR count). The van der Waals surface area contributed by atoms with E-state index in [0.29, 0.717) is 6.42 Å². The van der Waals surface area contributed by atoms with Gasteiger partial charge in [0.15, 0.2) is 6.54 Å². The predicted molar refractivity (Wildman–Crippen MR) is 73.5 cm³/mol. The first kappa shape index (κ1) is 21.1. The summed E-state index contributed by atoms with van der Waals surface area (Å²) in [7, 11) is 0. The van der Waals surface area contributed by atoms with Crippen molar-refractivity contribution in [2.24, 2.45) is 0 Å². The van der Waals surface area contributed by atoms with E-state index in [2.05, 4.69) is 6.92 Å². The van der Waals surface area contributed by atoms with Gasteiger partial charge in [0, 0.05) is 6.42 Å². The van der Waals surface area contributed by atoms with Crippen LogP contribution in [0.5, 0.6) is 0 Å². The predicted octanol–water partition coefficient (Wildman–Crippen LogP) is 4.50.